The number of aliphatic carboxylic acids is 1. The molecule has 1 aliphatic rings. The van der Waals surface area contributed by atoms with Crippen molar-refractivity contribution in [2.75, 3.05) is 11.9 Å². The van der Waals surface area contributed by atoms with E-state index in [1.54, 1.807) is 31.2 Å². The highest BCUT2D eigenvalue weighted by atomic mass is 19.3. The molecular weight excluding hydrogens is 346 g/mol. The monoisotopic (exact) mass is 368 g/mol. The topological polar surface area (TPSA) is 95.5 Å². The number of amides is 2. The Bertz CT molecular complexity index is 679. The molecule has 26 heavy (non-hydrogen) atoms. The number of hydrogen-bond donors (Lipinski definition) is 3. The summed E-state index contributed by atoms with van der Waals surface area (Å²) in [5.74, 6) is -4.52. The van der Waals surface area contributed by atoms with Crippen molar-refractivity contribution < 1.29 is 28.3 Å². The number of rotatable bonds is 6. The average Bonchev–Trinajstić information content (AvgIpc) is 2.57. The lowest BCUT2D eigenvalue weighted by Crippen LogP contribution is -2.40. The number of halogens is 2. The molecule has 0 atom stereocenters. The van der Waals surface area contributed by atoms with Crippen LogP contribution >= 0.6 is 0 Å². The molecule has 0 spiro atoms. The minimum atomic E-state index is -2.69. The Labute approximate surface area is 150 Å². The molecule has 0 aliphatic heterocycles. The molecule has 8 heteroatoms. The highest BCUT2D eigenvalue weighted by molar-refractivity contribution is 5.95. The predicted molar refractivity (Wildman–Crippen MR) is 90.9 cm³/mol. The van der Waals surface area contributed by atoms with Gasteiger partial charge in [0.15, 0.2) is 0 Å². The second-order valence-corrected chi connectivity index (χ2v) is 6.91. The molecule has 6 nitrogen and oxygen atoms in total. The van der Waals surface area contributed by atoms with E-state index < -0.39 is 29.8 Å². The zero-order valence-corrected chi connectivity index (χ0v) is 14.5. The Hall–Kier alpha value is -2.51. The summed E-state index contributed by atoms with van der Waals surface area (Å²) in [5, 5.41) is 13.5. The molecule has 0 aromatic heterocycles. The molecule has 142 valence electrons. The molecule has 2 amide bonds. The number of nitrogens with one attached hydrogen (secondary N) is 2. The van der Waals surface area contributed by atoms with Crippen LogP contribution in [-0.2, 0) is 20.8 Å². The molecule has 1 aliphatic carbocycles. The van der Waals surface area contributed by atoms with Crippen molar-refractivity contribution in [1.29, 1.82) is 0 Å². The van der Waals surface area contributed by atoms with Gasteiger partial charge in [-0.1, -0.05) is 19.1 Å². The molecule has 0 unspecified atom stereocenters. The normalized spacial score (nSPS) is 18.0. The summed E-state index contributed by atoms with van der Waals surface area (Å²) in [5.41, 5.74) is 0.356. The molecule has 0 saturated heterocycles. The van der Waals surface area contributed by atoms with Crippen LogP contribution in [0.15, 0.2) is 24.3 Å². The van der Waals surface area contributed by atoms with Crippen LogP contribution in [0.4, 0.5) is 14.5 Å². The Morgan fingerprint density at radius 3 is 2.19 bits per heavy atom. The zero-order chi connectivity index (χ0) is 19.4. The molecule has 1 aromatic carbocycles. The third kappa shape index (κ3) is 5.50. The van der Waals surface area contributed by atoms with E-state index in [2.05, 4.69) is 10.6 Å². The predicted octanol–water partition coefficient (Wildman–Crippen LogP) is 2.58. The molecule has 0 bridgehead atoms. The van der Waals surface area contributed by atoms with E-state index in [-0.39, 0.29) is 38.0 Å². The number of carbonyl (C=O) groups is 3. The standard InChI is InChI=1S/C18H22F2N2O4/c1-17(6-8-18(19,20)9-7-17)16(26)22-13-4-2-12(3-5-13)10-14(23)21-11-15(24)25/h2-5H,6-11H2,1H3,(H,21,23)(H,22,26)(H,24,25). The van der Waals surface area contributed by atoms with Crippen LogP contribution in [0.25, 0.3) is 0 Å². The van der Waals surface area contributed by atoms with Crippen molar-refractivity contribution in [2.24, 2.45) is 5.41 Å². The summed E-state index contributed by atoms with van der Waals surface area (Å²) in [6, 6.07) is 6.54. The van der Waals surface area contributed by atoms with Crippen molar-refractivity contribution in [3.8, 4) is 0 Å². The van der Waals surface area contributed by atoms with Crippen molar-refractivity contribution in [1.82, 2.24) is 5.32 Å². The van der Waals surface area contributed by atoms with Gasteiger partial charge in [0.05, 0.1) is 6.42 Å². The van der Waals surface area contributed by atoms with E-state index >= 15 is 0 Å². The fourth-order valence-corrected chi connectivity index (χ4v) is 2.80. The third-order valence-electron chi connectivity index (χ3n) is 4.65. The summed E-state index contributed by atoms with van der Waals surface area (Å²) in [7, 11) is 0. The Morgan fingerprint density at radius 1 is 1.08 bits per heavy atom. The first-order valence-electron chi connectivity index (χ1n) is 8.36. The van der Waals surface area contributed by atoms with Crippen molar-refractivity contribution in [3.05, 3.63) is 29.8 Å². The van der Waals surface area contributed by atoms with Crippen molar-refractivity contribution in [3.63, 3.8) is 0 Å². The molecule has 1 aromatic rings. The highest BCUT2D eigenvalue weighted by Gasteiger charge is 2.44. The van der Waals surface area contributed by atoms with E-state index in [4.69, 9.17) is 5.11 Å². The first-order valence-corrected chi connectivity index (χ1v) is 8.36. The maximum atomic E-state index is 13.3. The van der Waals surface area contributed by atoms with E-state index in [0.717, 1.165) is 0 Å². The van der Waals surface area contributed by atoms with Crippen LogP contribution in [0, 0.1) is 5.41 Å². The smallest absolute Gasteiger partial charge is 0.322 e. The van der Waals surface area contributed by atoms with Crippen LogP contribution in [0.5, 0.6) is 0 Å². The summed E-state index contributed by atoms with van der Waals surface area (Å²) >= 11 is 0. The molecular formula is C18H22F2N2O4. The number of carbonyl (C=O) groups excluding carboxylic acids is 2. The summed E-state index contributed by atoms with van der Waals surface area (Å²) in [6.07, 6.45) is -0.293. The fraction of sp³-hybridized carbons (Fsp3) is 0.500. The van der Waals surface area contributed by atoms with E-state index in [1.165, 1.54) is 0 Å². The second-order valence-electron chi connectivity index (χ2n) is 6.91. The average molecular weight is 368 g/mol. The first kappa shape index (κ1) is 19.8. The number of alkyl halides is 2. The van der Waals surface area contributed by atoms with Gasteiger partial charge >= 0.3 is 5.97 Å². The van der Waals surface area contributed by atoms with Crippen LogP contribution in [0.3, 0.4) is 0 Å². The Balaban J connectivity index is 1.89. The van der Waals surface area contributed by atoms with Gasteiger partial charge in [0.25, 0.3) is 0 Å². The maximum absolute atomic E-state index is 13.3. The molecule has 2 rings (SSSR count). The number of carboxylic acids is 1. The lowest BCUT2D eigenvalue weighted by atomic mass is 9.73. The largest absolute Gasteiger partial charge is 0.480 e. The van der Waals surface area contributed by atoms with E-state index in [9.17, 15) is 23.2 Å². The van der Waals surface area contributed by atoms with Gasteiger partial charge in [0, 0.05) is 23.9 Å². The van der Waals surface area contributed by atoms with Crippen molar-refractivity contribution in [2.45, 2.75) is 45.0 Å². The lowest BCUT2D eigenvalue weighted by Gasteiger charge is -2.35. The van der Waals surface area contributed by atoms with Crippen LogP contribution in [-0.4, -0.2) is 35.4 Å². The first-order chi connectivity index (χ1) is 12.1. The molecule has 1 fully saturated rings. The highest BCUT2D eigenvalue weighted by Crippen LogP contribution is 2.43. The van der Waals surface area contributed by atoms with Gasteiger partial charge in [0.1, 0.15) is 6.54 Å². The van der Waals surface area contributed by atoms with Crippen molar-refractivity contribution >= 4 is 23.5 Å². The Morgan fingerprint density at radius 2 is 1.65 bits per heavy atom. The quantitative estimate of drug-likeness (QED) is 0.719. The lowest BCUT2D eigenvalue weighted by molar-refractivity contribution is -0.137. The van der Waals surface area contributed by atoms with Gasteiger partial charge < -0.3 is 15.7 Å². The Kier molecular flexibility index (Phi) is 5.94. The van der Waals surface area contributed by atoms with E-state index in [1.807, 2.05) is 0 Å². The third-order valence-corrected chi connectivity index (χ3v) is 4.65. The molecule has 0 heterocycles. The number of carboxylic acid groups (broad SMARTS) is 1. The van der Waals surface area contributed by atoms with Gasteiger partial charge in [-0.2, -0.15) is 0 Å². The zero-order valence-electron chi connectivity index (χ0n) is 14.5. The number of hydrogen-bond acceptors (Lipinski definition) is 3. The van der Waals surface area contributed by atoms with Gasteiger partial charge in [0.2, 0.25) is 17.7 Å². The summed E-state index contributed by atoms with van der Waals surface area (Å²) in [4.78, 5) is 34.4. The maximum Gasteiger partial charge on any atom is 0.322 e. The van der Waals surface area contributed by atoms with E-state index in [0.29, 0.717) is 11.3 Å². The fourth-order valence-electron chi connectivity index (χ4n) is 2.80. The van der Waals surface area contributed by atoms with Crippen LogP contribution < -0.4 is 10.6 Å². The van der Waals surface area contributed by atoms with Crippen LogP contribution in [0.1, 0.15) is 38.2 Å². The van der Waals surface area contributed by atoms with Gasteiger partial charge in [-0.15, -0.1) is 0 Å². The van der Waals surface area contributed by atoms with Gasteiger partial charge in [-0.25, -0.2) is 8.78 Å². The minimum Gasteiger partial charge on any atom is -0.480 e. The minimum absolute atomic E-state index is 0.0221. The molecule has 3 N–H and O–H groups in total. The van der Waals surface area contributed by atoms with Gasteiger partial charge in [-0.3, -0.25) is 14.4 Å². The van der Waals surface area contributed by atoms with Gasteiger partial charge in [-0.05, 0) is 30.5 Å². The number of anilines is 1. The number of benzene rings is 1. The summed E-state index contributed by atoms with van der Waals surface area (Å²) in [6.45, 7) is 1.25. The second kappa shape index (κ2) is 7.80. The SMILES string of the molecule is CC1(C(=O)Nc2ccc(CC(=O)NCC(=O)O)cc2)CCC(F)(F)CC1. The molecule has 0 radical (unpaired) electrons. The van der Waals surface area contributed by atoms with Crippen LogP contribution in [0.2, 0.25) is 0 Å². The molecule has 1 saturated carbocycles. The summed E-state index contributed by atoms with van der Waals surface area (Å²) < 4.78 is 26.6.